The number of anilines is 1. The van der Waals surface area contributed by atoms with Crippen molar-refractivity contribution in [1.29, 1.82) is 0 Å². The molecule has 0 radical (unpaired) electrons. The highest BCUT2D eigenvalue weighted by Gasteiger charge is 2.20. The summed E-state index contributed by atoms with van der Waals surface area (Å²) in [4.78, 5) is 32.6. The van der Waals surface area contributed by atoms with Crippen LogP contribution in [0.1, 0.15) is 24.7 Å². The van der Waals surface area contributed by atoms with Crippen LogP contribution in [0.3, 0.4) is 0 Å². The molecule has 1 unspecified atom stereocenters. The number of carbonyl (C=O) groups is 1. The van der Waals surface area contributed by atoms with E-state index < -0.39 is 12.1 Å². The van der Waals surface area contributed by atoms with Gasteiger partial charge in [-0.1, -0.05) is 18.2 Å². The largest absolute Gasteiger partial charge is 0.465 e. The lowest BCUT2D eigenvalue weighted by atomic mass is 10.2. The number of fused-ring (bicyclic) bond motifs is 1. The van der Waals surface area contributed by atoms with Crippen LogP contribution in [-0.4, -0.2) is 38.9 Å². The zero-order valence-electron chi connectivity index (χ0n) is 16.2. The topological polar surface area (TPSA) is 121 Å². The van der Waals surface area contributed by atoms with Crippen LogP contribution in [0.5, 0.6) is 0 Å². The van der Waals surface area contributed by atoms with E-state index in [0.717, 1.165) is 0 Å². The predicted octanol–water partition coefficient (Wildman–Crippen LogP) is 1.98. The van der Waals surface area contributed by atoms with E-state index in [4.69, 9.17) is 11.5 Å². The first kappa shape index (κ1) is 20.8. The Bertz CT molecular complexity index is 1110. The Labute approximate surface area is 173 Å². The van der Waals surface area contributed by atoms with Crippen molar-refractivity contribution < 1.29 is 9.90 Å². The van der Waals surface area contributed by atoms with Crippen molar-refractivity contribution in [2.75, 3.05) is 18.5 Å². The fourth-order valence-electron chi connectivity index (χ4n) is 2.95. The average Bonchev–Trinajstić information content (AvgIpc) is 2.75. The second-order valence-electron chi connectivity index (χ2n) is 6.46. The van der Waals surface area contributed by atoms with Gasteiger partial charge in [0.15, 0.2) is 5.52 Å². The molecular formula is C21H22N6O3. The molecule has 3 aromatic rings. The summed E-state index contributed by atoms with van der Waals surface area (Å²) in [5.74, 6) is 3.04. The molecule has 30 heavy (non-hydrogen) atoms. The van der Waals surface area contributed by atoms with Crippen LogP contribution >= 0.6 is 0 Å². The summed E-state index contributed by atoms with van der Waals surface area (Å²) in [6.45, 7) is 0.786. The van der Waals surface area contributed by atoms with E-state index in [9.17, 15) is 9.59 Å². The number of carboxylic acid groups (broad SMARTS) is 1. The second-order valence-corrected chi connectivity index (χ2v) is 6.46. The van der Waals surface area contributed by atoms with Gasteiger partial charge in [-0.25, -0.2) is 19.4 Å². The van der Waals surface area contributed by atoms with Crippen molar-refractivity contribution in [2.45, 2.75) is 18.9 Å². The summed E-state index contributed by atoms with van der Waals surface area (Å²) in [6, 6.07) is 12.3. The van der Waals surface area contributed by atoms with Crippen molar-refractivity contribution in [2.24, 2.45) is 0 Å². The van der Waals surface area contributed by atoms with Gasteiger partial charge >= 0.3 is 6.09 Å². The number of nitrogens with one attached hydrogen (secondary N) is 3. The summed E-state index contributed by atoms with van der Waals surface area (Å²) >= 11 is 0. The minimum absolute atomic E-state index is 0.245. The van der Waals surface area contributed by atoms with Gasteiger partial charge < -0.3 is 15.7 Å². The molecule has 2 heterocycles. The minimum Gasteiger partial charge on any atom is -0.465 e. The quantitative estimate of drug-likeness (QED) is 0.317. The van der Waals surface area contributed by atoms with Gasteiger partial charge in [0.1, 0.15) is 5.82 Å². The summed E-state index contributed by atoms with van der Waals surface area (Å²) in [7, 11) is 0. The van der Waals surface area contributed by atoms with Gasteiger partial charge in [0, 0.05) is 19.2 Å². The normalized spacial score (nSPS) is 11.6. The number of hydrogen-bond donors (Lipinski definition) is 4. The number of aromatic nitrogens is 3. The van der Waals surface area contributed by atoms with Crippen LogP contribution in [0.4, 0.5) is 10.5 Å². The summed E-state index contributed by atoms with van der Waals surface area (Å²) in [5, 5.41) is 14.3. The third kappa shape index (κ3) is 5.12. The number of para-hydroxylation sites is 1. The molecule has 4 N–H and O–H groups in total. The Balaban J connectivity index is 1.95. The minimum atomic E-state index is -1.07. The van der Waals surface area contributed by atoms with E-state index in [-0.39, 0.29) is 11.1 Å². The Kier molecular flexibility index (Phi) is 6.97. The molecule has 0 aliphatic rings. The molecule has 2 aromatic heterocycles. The molecule has 0 spiro atoms. The molecule has 1 atom stereocenters. The molecule has 0 aliphatic heterocycles. The number of amides is 1. The fourth-order valence-corrected chi connectivity index (χ4v) is 2.95. The van der Waals surface area contributed by atoms with E-state index in [2.05, 4.69) is 31.9 Å². The predicted molar refractivity (Wildman–Crippen MR) is 114 cm³/mol. The highest BCUT2D eigenvalue weighted by atomic mass is 16.4. The van der Waals surface area contributed by atoms with E-state index >= 15 is 0 Å². The van der Waals surface area contributed by atoms with Crippen molar-refractivity contribution in [3.8, 4) is 12.3 Å². The van der Waals surface area contributed by atoms with Crippen LogP contribution in [0.2, 0.25) is 0 Å². The lowest BCUT2D eigenvalue weighted by Gasteiger charge is -2.22. The molecule has 9 heteroatoms. The third-order valence-electron chi connectivity index (χ3n) is 4.33. The maximum atomic E-state index is 13.2. The fraction of sp³-hybridized carbons (Fsp3) is 0.238. The first-order valence-corrected chi connectivity index (χ1v) is 9.43. The highest BCUT2D eigenvalue weighted by molar-refractivity contribution is 5.72. The average molecular weight is 406 g/mol. The van der Waals surface area contributed by atoms with E-state index in [1.165, 1.54) is 4.68 Å². The van der Waals surface area contributed by atoms with Crippen LogP contribution < -0.4 is 21.6 Å². The third-order valence-corrected chi connectivity index (χ3v) is 4.33. The van der Waals surface area contributed by atoms with Gasteiger partial charge in [-0.2, -0.15) is 0 Å². The molecule has 154 valence electrons. The van der Waals surface area contributed by atoms with Crippen LogP contribution in [0, 0.1) is 12.3 Å². The smallest absolute Gasteiger partial charge is 0.404 e. The zero-order valence-corrected chi connectivity index (χ0v) is 16.2. The van der Waals surface area contributed by atoms with Gasteiger partial charge in [-0.15, -0.1) is 12.3 Å². The molecule has 0 bridgehead atoms. The van der Waals surface area contributed by atoms with E-state index in [1.807, 2.05) is 30.3 Å². The second kappa shape index (κ2) is 10.0. The number of rotatable bonds is 9. The Morgan fingerprint density at radius 3 is 2.73 bits per heavy atom. The van der Waals surface area contributed by atoms with Gasteiger partial charge in [-0.05, 0) is 37.2 Å². The van der Waals surface area contributed by atoms with E-state index in [1.54, 1.807) is 18.3 Å². The highest BCUT2D eigenvalue weighted by Crippen LogP contribution is 2.17. The molecule has 0 fully saturated rings. The zero-order chi connectivity index (χ0) is 21.3. The number of nitrogens with zero attached hydrogens (tertiary/aromatic N) is 3. The molecule has 9 nitrogen and oxygen atoms in total. The molecule has 3 rings (SSSR count). The number of benzene rings is 1. The van der Waals surface area contributed by atoms with Crippen LogP contribution in [0.25, 0.3) is 11.0 Å². The van der Waals surface area contributed by atoms with Gasteiger partial charge in [0.05, 0.1) is 17.2 Å². The number of pyridine rings is 1. The monoisotopic (exact) mass is 406 g/mol. The molecular weight excluding hydrogens is 384 g/mol. The number of terminal acetylenes is 1. The standard InChI is InChI=1S/C21H22N6O3/c1-2-8-17(22-13-7-14-24-21(29)30)19-25-16-11-6-12-23-18(16)20(28)27(19)26-15-9-4-3-5-10-15/h1,3-6,9-12,17,22,24,26H,7-8,13-14H2,(H,29,30). The van der Waals surface area contributed by atoms with Gasteiger partial charge in [0.25, 0.3) is 5.56 Å². The van der Waals surface area contributed by atoms with Crippen molar-refractivity contribution in [3.05, 3.63) is 64.8 Å². The van der Waals surface area contributed by atoms with Gasteiger partial charge in [-0.3, -0.25) is 10.2 Å². The maximum Gasteiger partial charge on any atom is 0.404 e. The van der Waals surface area contributed by atoms with Crippen molar-refractivity contribution in [3.63, 3.8) is 0 Å². The maximum absolute atomic E-state index is 13.2. The lowest BCUT2D eigenvalue weighted by Crippen LogP contribution is -2.36. The lowest BCUT2D eigenvalue weighted by molar-refractivity contribution is 0.194. The first-order chi connectivity index (χ1) is 14.6. The summed E-state index contributed by atoms with van der Waals surface area (Å²) < 4.78 is 1.36. The van der Waals surface area contributed by atoms with E-state index in [0.29, 0.717) is 43.0 Å². The Hall–Kier alpha value is -3.90. The van der Waals surface area contributed by atoms with Crippen molar-refractivity contribution >= 4 is 22.8 Å². The van der Waals surface area contributed by atoms with Crippen LogP contribution in [-0.2, 0) is 0 Å². The molecule has 1 aromatic carbocycles. The molecule has 1 amide bonds. The van der Waals surface area contributed by atoms with Crippen molar-refractivity contribution in [1.82, 2.24) is 25.3 Å². The summed E-state index contributed by atoms with van der Waals surface area (Å²) in [5.41, 5.74) is 4.18. The summed E-state index contributed by atoms with van der Waals surface area (Å²) in [6.07, 6.45) is 6.89. The molecule has 0 saturated carbocycles. The Morgan fingerprint density at radius 2 is 2.00 bits per heavy atom. The number of hydrogen-bond acceptors (Lipinski definition) is 6. The first-order valence-electron chi connectivity index (χ1n) is 9.43. The molecule has 0 saturated heterocycles. The molecule has 0 aliphatic carbocycles. The SMILES string of the molecule is C#CCC(NCCCNC(=O)O)c1nc2cccnc2c(=O)n1Nc1ccccc1. The Morgan fingerprint density at radius 1 is 1.20 bits per heavy atom. The van der Waals surface area contributed by atoms with Crippen LogP contribution in [0.15, 0.2) is 53.5 Å². The van der Waals surface area contributed by atoms with Gasteiger partial charge in [0.2, 0.25) is 0 Å².